The van der Waals surface area contributed by atoms with Crippen LogP contribution in [0.5, 0.6) is 0 Å². The van der Waals surface area contributed by atoms with Crippen molar-refractivity contribution in [3.05, 3.63) is 66.6 Å². The number of hydrogen-bond acceptors (Lipinski definition) is 8. The summed E-state index contributed by atoms with van der Waals surface area (Å²) in [5.41, 5.74) is 6.04. The lowest BCUT2D eigenvalue weighted by molar-refractivity contribution is 0.112. The highest BCUT2D eigenvalue weighted by Gasteiger charge is 2.16. The Morgan fingerprint density at radius 1 is 1.03 bits per heavy atom. The van der Waals surface area contributed by atoms with Crippen molar-refractivity contribution in [3.63, 3.8) is 0 Å². The molecule has 2 N–H and O–H groups in total. The van der Waals surface area contributed by atoms with Gasteiger partial charge in [-0.2, -0.15) is 0 Å². The van der Waals surface area contributed by atoms with Gasteiger partial charge in [0.2, 0.25) is 0 Å². The molecule has 4 aromatic heterocycles. The summed E-state index contributed by atoms with van der Waals surface area (Å²) in [6.07, 6.45) is 5.98. The van der Waals surface area contributed by atoms with Crippen molar-refractivity contribution < 1.29 is 4.79 Å². The van der Waals surface area contributed by atoms with Gasteiger partial charge in [-0.15, -0.1) is 10.2 Å². The summed E-state index contributed by atoms with van der Waals surface area (Å²) in [4.78, 5) is 19.8. The summed E-state index contributed by atoms with van der Waals surface area (Å²) >= 11 is 0. The molecule has 0 unspecified atom stereocenters. The number of anilines is 3. The molecular formula is C24H23N9O. The smallest absolute Gasteiger partial charge is 0.177 e. The number of carbonyl (C=O) groups is 1. The van der Waals surface area contributed by atoms with Crippen LogP contribution >= 0.6 is 0 Å². The lowest BCUT2D eigenvalue weighted by Crippen LogP contribution is -2.04. The first-order valence-corrected chi connectivity index (χ1v) is 10.8. The third-order valence-electron chi connectivity index (χ3n) is 5.39. The molecule has 1 aromatic carbocycles. The molecule has 10 nitrogen and oxygen atoms in total. The standard InChI is InChI=1S/C24H23N9O/c1-15(2)32-13-21(29-31-32)22-12-27-24-20(25-3)10-23(30-33(22)24)28-18-6-4-5-17(9-18)19-8-7-16(14-34)11-26-19/h4-15,25H,1-3H3,(H,28,30). The Balaban J connectivity index is 1.51. The number of aromatic nitrogens is 7. The predicted molar refractivity (Wildman–Crippen MR) is 130 cm³/mol. The normalized spacial score (nSPS) is 11.2. The largest absolute Gasteiger partial charge is 0.385 e. The average molecular weight is 454 g/mol. The highest BCUT2D eigenvalue weighted by atomic mass is 16.1. The first kappa shape index (κ1) is 21.3. The van der Waals surface area contributed by atoms with Crippen molar-refractivity contribution >= 4 is 29.1 Å². The summed E-state index contributed by atoms with van der Waals surface area (Å²) in [5, 5.41) is 19.8. The fourth-order valence-corrected chi connectivity index (χ4v) is 3.58. The molecule has 0 aliphatic rings. The van der Waals surface area contributed by atoms with Crippen LogP contribution in [-0.4, -0.2) is 47.9 Å². The Morgan fingerprint density at radius 2 is 1.91 bits per heavy atom. The van der Waals surface area contributed by atoms with Gasteiger partial charge in [-0.05, 0) is 38.1 Å². The van der Waals surface area contributed by atoms with Gasteiger partial charge in [-0.1, -0.05) is 17.3 Å². The lowest BCUT2D eigenvalue weighted by atomic mass is 10.1. The van der Waals surface area contributed by atoms with Gasteiger partial charge in [0.25, 0.3) is 0 Å². The molecule has 5 rings (SSSR count). The lowest BCUT2D eigenvalue weighted by Gasteiger charge is -2.11. The molecule has 0 aliphatic heterocycles. The Morgan fingerprint density at radius 3 is 2.62 bits per heavy atom. The molecule has 0 fully saturated rings. The van der Waals surface area contributed by atoms with Gasteiger partial charge in [-0.3, -0.25) is 9.78 Å². The molecule has 0 saturated heterocycles. The zero-order valence-electron chi connectivity index (χ0n) is 19.0. The number of nitrogens with one attached hydrogen (secondary N) is 2. The van der Waals surface area contributed by atoms with Crippen LogP contribution in [0, 0.1) is 0 Å². The third kappa shape index (κ3) is 3.96. The minimum Gasteiger partial charge on any atom is -0.385 e. The van der Waals surface area contributed by atoms with E-state index in [0.29, 0.717) is 22.7 Å². The van der Waals surface area contributed by atoms with Gasteiger partial charge in [0, 0.05) is 42.2 Å². The van der Waals surface area contributed by atoms with Crippen LogP contribution in [0.2, 0.25) is 0 Å². The summed E-state index contributed by atoms with van der Waals surface area (Å²) in [7, 11) is 1.85. The van der Waals surface area contributed by atoms with E-state index in [1.165, 1.54) is 0 Å². The van der Waals surface area contributed by atoms with Crippen LogP contribution in [0.25, 0.3) is 28.3 Å². The summed E-state index contributed by atoms with van der Waals surface area (Å²) in [5.74, 6) is 0.633. The molecule has 4 heterocycles. The molecule has 0 aliphatic carbocycles. The molecule has 170 valence electrons. The molecule has 0 amide bonds. The second kappa shape index (κ2) is 8.74. The van der Waals surface area contributed by atoms with Gasteiger partial charge in [-0.25, -0.2) is 14.2 Å². The maximum Gasteiger partial charge on any atom is 0.177 e. The van der Waals surface area contributed by atoms with E-state index in [0.717, 1.165) is 34.6 Å². The molecule has 5 aromatic rings. The maximum absolute atomic E-state index is 10.9. The number of imidazole rings is 1. The van der Waals surface area contributed by atoms with Gasteiger partial charge >= 0.3 is 0 Å². The van der Waals surface area contributed by atoms with E-state index in [9.17, 15) is 4.79 Å². The van der Waals surface area contributed by atoms with E-state index < -0.39 is 0 Å². The predicted octanol–water partition coefficient (Wildman–Crippen LogP) is 4.23. The summed E-state index contributed by atoms with van der Waals surface area (Å²) in [6.45, 7) is 4.10. The maximum atomic E-state index is 10.9. The van der Waals surface area contributed by atoms with Crippen LogP contribution in [0.15, 0.2) is 61.1 Å². The third-order valence-corrected chi connectivity index (χ3v) is 5.39. The average Bonchev–Trinajstić information content (AvgIpc) is 3.51. The highest BCUT2D eigenvalue weighted by Crippen LogP contribution is 2.27. The molecule has 0 radical (unpaired) electrons. The van der Waals surface area contributed by atoms with Gasteiger partial charge < -0.3 is 10.6 Å². The molecule has 0 spiro atoms. The van der Waals surface area contributed by atoms with Crippen molar-refractivity contribution in [3.8, 4) is 22.6 Å². The monoisotopic (exact) mass is 453 g/mol. The number of rotatable bonds is 7. The van der Waals surface area contributed by atoms with Crippen molar-refractivity contribution in [1.29, 1.82) is 0 Å². The second-order valence-corrected chi connectivity index (χ2v) is 8.05. The van der Waals surface area contributed by atoms with Crippen LogP contribution in [-0.2, 0) is 0 Å². The van der Waals surface area contributed by atoms with Crippen LogP contribution in [0.4, 0.5) is 17.2 Å². The molecule has 0 bridgehead atoms. The van der Waals surface area contributed by atoms with Crippen molar-refractivity contribution in [2.75, 3.05) is 17.7 Å². The van der Waals surface area contributed by atoms with E-state index >= 15 is 0 Å². The zero-order valence-corrected chi connectivity index (χ0v) is 19.0. The minimum atomic E-state index is 0.204. The van der Waals surface area contributed by atoms with Crippen LogP contribution in [0.1, 0.15) is 30.2 Å². The number of fused-ring (bicyclic) bond motifs is 1. The first-order chi connectivity index (χ1) is 16.6. The Hall–Kier alpha value is -4.60. The fourth-order valence-electron chi connectivity index (χ4n) is 3.58. The molecule has 10 heteroatoms. The number of aldehydes is 1. The Bertz CT molecular complexity index is 1470. The summed E-state index contributed by atoms with van der Waals surface area (Å²) < 4.78 is 3.56. The highest BCUT2D eigenvalue weighted by molar-refractivity contribution is 5.77. The van der Waals surface area contributed by atoms with Crippen LogP contribution in [0.3, 0.4) is 0 Å². The first-order valence-electron chi connectivity index (χ1n) is 10.8. The van der Waals surface area contributed by atoms with Gasteiger partial charge in [0.15, 0.2) is 17.8 Å². The SMILES string of the molecule is CNc1cc(Nc2cccc(-c3ccc(C=O)cn3)c2)nn2c(-c3cn(C(C)C)nn3)cnc12. The molecular weight excluding hydrogens is 430 g/mol. The fraction of sp³-hybridized carbons (Fsp3) is 0.167. The van der Waals surface area contributed by atoms with Gasteiger partial charge in [0.1, 0.15) is 11.4 Å². The van der Waals surface area contributed by atoms with Gasteiger partial charge in [0.05, 0.1) is 23.8 Å². The Labute approximate surface area is 195 Å². The molecule has 34 heavy (non-hydrogen) atoms. The number of carbonyl (C=O) groups excluding carboxylic acids is 1. The van der Waals surface area contributed by atoms with Crippen molar-refractivity contribution in [2.24, 2.45) is 0 Å². The number of benzene rings is 1. The Kier molecular flexibility index (Phi) is 5.46. The van der Waals surface area contributed by atoms with E-state index in [2.05, 4.69) is 30.9 Å². The van der Waals surface area contributed by atoms with Crippen molar-refractivity contribution in [1.82, 2.24) is 34.6 Å². The van der Waals surface area contributed by atoms with Crippen molar-refractivity contribution in [2.45, 2.75) is 19.9 Å². The number of pyridine rings is 1. The van der Waals surface area contributed by atoms with E-state index in [1.807, 2.05) is 63.5 Å². The number of hydrogen-bond donors (Lipinski definition) is 2. The molecule has 0 atom stereocenters. The summed E-state index contributed by atoms with van der Waals surface area (Å²) in [6, 6.07) is 13.5. The number of nitrogens with zero attached hydrogens (tertiary/aromatic N) is 7. The van der Waals surface area contributed by atoms with E-state index in [1.54, 1.807) is 27.7 Å². The van der Waals surface area contributed by atoms with E-state index in [4.69, 9.17) is 5.10 Å². The van der Waals surface area contributed by atoms with Crippen LogP contribution < -0.4 is 10.6 Å². The zero-order chi connectivity index (χ0) is 23.7. The molecule has 0 saturated carbocycles. The minimum absolute atomic E-state index is 0.204. The quantitative estimate of drug-likeness (QED) is 0.352. The topological polar surface area (TPSA) is 115 Å². The second-order valence-electron chi connectivity index (χ2n) is 8.05. The van der Waals surface area contributed by atoms with E-state index in [-0.39, 0.29) is 6.04 Å².